The molecular formula is C12H17NO3. The van der Waals surface area contributed by atoms with Gasteiger partial charge in [-0.1, -0.05) is 24.3 Å². The Kier molecular flexibility index (Phi) is 5.53. The number of nitrogens with one attached hydrogen (secondary N) is 1. The molecule has 0 fully saturated rings. The number of esters is 1. The number of aliphatic hydroxyl groups excluding tert-OH is 1. The first kappa shape index (κ1) is 12.7. The number of ether oxygens (including phenoxy) is 1. The van der Waals surface area contributed by atoms with Crippen molar-refractivity contribution < 1.29 is 14.6 Å². The number of carbonyl (C=O) groups excluding carboxylic acids is 1. The van der Waals surface area contributed by atoms with E-state index in [2.05, 4.69) is 5.32 Å². The summed E-state index contributed by atoms with van der Waals surface area (Å²) < 4.78 is 4.78. The zero-order chi connectivity index (χ0) is 11.8. The Labute approximate surface area is 95.2 Å². The van der Waals surface area contributed by atoms with Crippen molar-refractivity contribution in [2.45, 2.75) is 20.1 Å². The maximum atomic E-state index is 11.0. The predicted molar refractivity (Wildman–Crippen MR) is 60.7 cm³/mol. The normalized spacial score (nSPS) is 10.1. The quantitative estimate of drug-likeness (QED) is 0.701. The van der Waals surface area contributed by atoms with Crippen LogP contribution in [0.3, 0.4) is 0 Å². The summed E-state index contributed by atoms with van der Waals surface area (Å²) in [5.74, 6) is -0.249. The Balaban J connectivity index is 2.34. The van der Waals surface area contributed by atoms with E-state index in [0.717, 1.165) is 11.1 Å². The summed E-state index contributed by atoms with van der Waals surface area (Å²) in [5.41, 5.74) is 1.91. The molecule has 88 valence electrons. The zero-order valence-corrected chi connectivity index (χ0v) is 9.40. The minimum Gasteiger partial charge on any atom is -0.465 e. The molecule has 4 heteroatoms. The Morgan fingerprint density at radius 3 is 2.88 bits per heavy atom. The standard InChI is InChI=1S/C12H17NO3/c1-2-16-12(15)8-13-7-10-4-3-5-11(6-10)9-14/h3-6,13-14H,2,7-9H2,1H3. The minimum atomic E-state index is -0.249. The van der Waals surface area contributed by atoms with Gasteiger partial charge < -0.3 is 15.2 Å². The highest BCUT2D eigenvalue weighted by atomic mass is 16.5. The van der Waals surface area contributed by atoms with Gasteiger partial charge in [-0.25, -0.2) is 0 Å². The van der Waals surface area contributed by atoms with Crippen LogP contribution in [0.2, 0.25) is 0 Å². The molecule has 0 aliphatic rings. The average Bonchev–Trinajstić information content (AvgIpc) is 2.30. The van der Waals surface area contributed by atoms with Crippen LogP contribution in [0.1, 0.15) is 18.1 Å². The van der Waals surface area contributed by atoms with E-state index < -0.39 is 0 Å². The highest BCUT2D eigenvalue weighted by Crippen LogP contribution is 2.04. The van der Waals surface area contributed by atoms with Crippen LogP contribution in [-0.4, -0.2) is 24.2 Å². The first-order valence-corrected chi connectivity index (χ1v) is 5.31. The number of carbonyl (C=O) groups is 1. The van der Waals surface area contributed by atoms with E-state index in [0.29, 0.717) is 13.2 Å². The zero-order valence-electron chi connectivity index (χ0n) is 9.40. The molecule has 1 aromatic carbocycles. The molecule has 0 aromatic heterocycles. The van der Waals surface area contributed by atoms with Crippen LogP contribution >= 0.6 is 0 Å². The molecule has 4 nitrogen and oxygen atoms in total. The Morgan fingerprint density at radius 1 is 1.44 bits per heavy atom. The van der Waals surface area contributed by atoms with Gasteiger partial charge in [0.15, 0.2) is 0 Å². The van der Waals surface area contributed by atoms with Crippen molar-refractivity contribution in [3.63, 3.8) is 0 Å². The molecule has 16 heavy (non-hydrogen) atoms. The molecule has 0 radical (unpaired) electrons. The second-order valence-electron chi connectivity index (χ2n) is 3.39. The molecule has 0 saturated carbocycles. The highest BCUT2D eigenvalue weighted by Gasteiger charge is 2.00. The number of rotatable bonds is 6. The van der Waals surface area contributed by atoms with E-state index in [-0.39, 0.29) is 19.1 Å². The van der Waals surface area contributed by atoms with Crippen LogP contribution in [0.4, 0.5) is 0 Å². The first-order chi connectivity index (χ1) is 7.76. The van der Waals surface area contributed by atoms with E-state index in [9.17, 15) is 4.79 Å². The Morgan fingerprint density at radius 2 is 2.19 bits per heavy atom. The average molecular weight is 223 g/mol. The van der Waals surface area contributed by atoms with Crippen molar-refractivity contribution in [3.8, 4) is 0 Å². The lowest BCUT2D eigenvalue weighted by Crippen LogP contribution is -2.24. The molecule has 0 heterocycles. The van der Waals surface area contributed by atoms with Crippen LogP contribution in [0, 0.1) is 0 Å². The third-order valence-electron chi connectivity index (χ3n) is 2.08. The van der Waals surface area contributed by atoms with Gasteiger partial charge in [-0.3, -0.25) is 4.79 Å². The number of aliphatic hydroxyl groups is 1. The van der Waals surface area contributed by atoms with Crippen LogP contribution in [0.5, 0.6) is 0 Å². The molecule has 0 saturated heterocycles. The first-order valence-electron chi connectivity index (χ1n) is 5.31. The Hall–Kier alpha value is -1.39. The van der Waals surface area contributed by atoms with E-state index >= 15 is 0 Å². The van der Waals surface area contributed by atoms with Gasteiger partial charge in [0.25, 0.3) is 0 Å². The SMILES string of the molecule is CCOC(=O)CNCc1cccc(CO)c1. The number of hydrogen-bond acceptors (Lipinski definition) is 4. The second-order valence-corrected chi connectivity index (χ2v) is 3.39. The molecular weight excluding hydrogens is 206 g/mol. The smallest absolute Gasteiger partial charge is 0.319 e. The van der Waals surface area contributed by atoms with Crippen molar-refractivity contribution in [2.75, 3.05) is 13.2 Å². The lowest BCUT2D eigenvalue weighted by atomic mass is 10.1. The molecule has 0 atom stereocenters. The maximum absolute atomic E-state index is 11.0. The lowest BCUT2D eigenvalue weighted by molar-refractivity contribution is -0.142. The highest BCUT2D eigenvalue weighted by molar-refractivity contribution is 5.71. The van der Waals surface area contributed by atoms with E-state index in [1.54, 1.807) is 6.92 Å². The van der Waals surface area contributed by atoms with Gasteiger partial charge >= 0.3 is 5.97 Å². The predicted octanol–water partition coefficient (Wildman–Crippen LogP) is 0.832. The largest absolute Gasteiger partial charge is 0.465 e. The van der Waals surface area contributed by atoms with Gasteiger partial charge in [0.05, 0.1) is 19.8 Å². The molecule has 0 spiro atoms. The molecule has 0 aliphatic heterocycles. The monoisotopic (exact) mass is 223 g/mol. The van der Waals surface area contributed by atoms with Crippen LogP contribution in [-0.2, 0) is 22.7 Å². The number of hydrogen-bond donors (Lipinski definition) is 2. The fourth-order valence-corrected chi connectivity index (χ4v) is 1.36. The van der Waals surface area contributed by atoms with E-state index in [4.69, 9.17) is 9.84 Å². The fraction of sp³-hybridized carbons (Fsp3) is 0.417. The molecule has 0 bridgehead atoms. The van der Waals surface area contributed by atoms with Crippen molar-refractivity contribution in [1.29, 1.82) is 0 Å². The lowest BCUT2D eigenvalue weighted by Gasteiger charge is -2.05. The molecule has 2 N–H and O–H groups in total. The maximum Gasteiger partial charge on any atom is 0.319 e. The molecule has 0 unspecified atom stereocenters. The van der Waals surface area contributed by atoms with Gasteiger partial charge in [0.2, 0.25) is 0 Å². The van der Waals surface area contributed by atoms with Crippen LogP contribution < -0.4 is 5.32 Å². The summed E-state index contributed by atoms with van der Waals surface area (Å²) in [4.78, 5) is 11.0. The van der Waals surface area contributed by atoms with Gasteiger partial charge in [-0.2, -0.15) is 0 Å². The number of benzene rings is 1. The molecule has 0 aliphatic carbocycles. The fourth-order valence-electron chi connectivity index (χ4n) is 1.36. The van der Waals surface area contributed by atoms with Gasteiger partial charge in [0, 0.05) is 6.54 Å². The van der Waals surface area contributed by atoms with Crippen LogP contribution in [0.25, 0.3) is 0 Å². The van der Waals surface area contributed by atoms with Crippen LogP contribution in [0.15, 0.2) is 24.3 Å². The summed E-state index contributed by atoms with van der Waals surface area (Å²) in [7, 11) is 0. The summed E-state index contributed by atoms with van der Waals surface area (Å²) >= 11 is 0. The Bertz CT molecular complexity index is 339. The van der Waals surface area contributed by atoms with Gasteiger partial charge in [0.1, 0.15) is 0 Å². The molecule has 0 amide bonds. The van der Waals surface area contributed by atoms with E-state index in [1.807, 2.05) is 24.3 Å². The van der Waals surface area contributed by atoms with Crippen molar-refractivity contribution in [2.24, 2.45) is 0 Å². The summed E-state index contributed by atoms with van der Waals surface area (Å²) in [6.45, 7) is 3.01. The van der Waals surface area contributed by atoms with Crippen molar-refractivity contribution in [1.82, 2.24) is 5.32 Å². The molecule has 1 rings (SSSR count). The topological polar surface area (TPSA) is 58.6 Å². The third-order valence-corrected chi connectivity index (χ3v) is 2.08. The summed E-state index contributed by atoms with van der Waals surface area (Å²) in [6.07, 6.45) is 0. The second kappa shape index (κ2) is 6.98. The van der Waals surface area contributed by atoms with Crippen molar-refractivity contribution in [3.05, 3.63) is 35.4 Å². The minimum absolute atomic E-state index is 0.0334. The van der Waals surface area contributed by atoms with E-state index in [1.165, 1.54) is 0 Å². The summed E-state index contributed by atoms with van der Waals surface area (Å²) in [5, 5.41) is 11.9. The third kappa shape index (κ3) is 4.42. The van der Waals surface area contributed by atoms with Gasteiger partial charge in [-0.05, 0) is 18.1 Å². The van der Waals surface area contributed by atoms with Gasteiger partial charge in [-0.15, -0.1) is 0 Å². The van der Waals surface area contributed by atoms with Crippen molar-refractivity contribution >= 4 is 5.97 Å². The summed E-state index contributed by atoms with van der Waals surface area (Å²) in [6, 6.07) is 7.58. The molecule has 1 aromatic rings.